The minimum atomic E-state index is -3.50. The molecule has 19 heavy (non-hydrogen) atoms. The van der Waals surface area contributed by atoms with Gasteiger partial charge in [-0.15, -0.1) is 0 Å². The number of nitrogens with one attached hydrogen (secondary N) is 1. The summed E-state index contributed by atoms with van der Waals surface area (Å²) in [6.07, 6.45) is 4.56. The lowest BCUT2D eigenvalue weighted by Gasteiger charge is -2.11. The average molecular weight is 303 g/mol. The van der Waals surface area contributed by atoms with Gasteiger partial charge in [0, 0.05) is 6.54 Å². The van der Waals surface area contributed by atoms with E-state index in [-0.39, 0.29) is 10.6 Å². The molecule has 1 aromatic rings. The molecule has 1 aromatic carbocycles. The van der Waals surface area contributed by atoms with E-state index >= 15 is 0 Å². The van der Waals surface area contributed by atoms with E-state index in [4.69, 9.17) is 17.3 Å². The molecule has 0 spiro atoms. The molecule has 106 valence electrons. The first kappa shape index (κ1) is 14.6. The van der Waals surface area contributed by atoms with Crippen molar-refractivity contribution in [3.63, 3.8) is 0 Å². The van der Waals surface area contributed by atoms with Crippen molar-refractivity contribution >= 4 is 27.3 Å². The second-order valence-electron chi connectivity index (χ2n) is 5.12. The molecule has 3 N–H and O–H groups in total. The van der Waals surface area contributed by atoms with Crippen LogP contribution in [0.3, 0.4) is 0 Å². The summed E-state index contributed by atoms with van der Waals surface area (Å²) in [7, 11) is -3.50. The van der Waals surface area contributed by atoms with E-state index in [2.05, 4.69) is 4.72 Å². The van der Waals surface area contributed by atoms with Crippen LogP contribution < -0.4 is 10.5 Å². The fourth-order valence-corrected chi connectivity index (χ4v) is 3.59. The van der Waals surface area contributed by atoms with Gasteiger partial charge in [0.1, 0.15) is 0 Å². The maximum absolute atomic E-state index is 12.2. The first-order chi connectivity index (χ1) is 8.90. The third kappa shape index (κ3) is 3.84. The van der Waals surface area contributed by atoms with E-state index in [1.54, 1.807) is 13.0 Å². The lowest BCUT2D eigenvalue weighted by molar-refractivity contribution is 0.572. The van der Waals surface area contributed by atoms with Crippen molar-refractivity contribution < 1.29 is 8.42 Å². The number of halogens is 1. The maximum atomic E-state index is 12.2. The van der Waals surface area contributed by atoms with Gasteiger partial charge in [0.25, 0.3) is 0 Å². The zero-order chi connectivity index (χ0) is 14.0. The molecule has 0 saturated heterocycles. The number of hydrogen-bond acceptors (Lipinski definition) is 3. The van der Waals surface area contributed by atoms with Crippen LogP contribution in [0.1, 0.15) is 31.2 Å². The summed E-state index contributed by atoms with van der Waals surface area (Å²) in [6, 6.07) is 3.00. The topological polar surface area (TPSA) is 72.2 Å². The van der Waals surface area contributed by atoms with Crippen molar-refractivity contribution in [1.82, 2.24) is 4.72 Å². The van der Waals surface area contributed by atoms with Crippen molar-refractivity contribution in [2.45, 2.75) is 37.5 Å². The number of anilines is 1. The van der Waals surface area contributed by atoms with E-state index in [1.807, 2.05) is 0 Å². The predicted molar refractivity (Wildman–Crippen MR) is 77.7 cm³/mol. The van der Waals surface area contributed by atoms with Crippen molar-refractivity contribution in [1.29, 1.82) is 0 Å². The van der Waals surface area contributed by atoms with Crippen molar-refractivity contribution in [3.8, 4) is 0 Å². The number of hydrogen-bond donors (Lipinski definition) is 2. The molecule has 1 aliphatic rings. The number of aryl methyl sites for hydroxylation is 1. The Bertz CT molecular complexity index is 568. The van der Waals surface area contributed by atoms with Crippen LogP contribution >= 0.6 is 11.6 Å². The largest absolute Gasteiger partial charge is 0.397 e. The monoisotopic (exact) mass is 302 g/mol. The second-order valence-corrected chi connectivity index (χ2v) is 7.27. The summed E-state index contributed by atoms with van der Waals surface area (Å²) in [5.41, 5.74) is 6.55. The predicted octanol–water partition coefficient (Wildman–Crippen LogP) is 2.70. The molecule has 1 aliphatic carbocycles. The summed E-state index contributed by atoms with van der Waals surface area (Å²) in [4.78, 5) is 0.209. The number of nitrogens with two attached hydrogens (primary N) is 1. The van der Waals surface area contributed by atoms with Crippen LogP contribution in [0.2, 0.25) is 5.02 Å². The number of sulfonamides is 1. The second kappa shape index (κ2) is 5.69. The Labute approximate surface area is 119 Å². The summed E-state index contributed by atoms with van der Waals surface area (Å²) in [5.74, 6) is 0.817. The van der Waals surface area contributed by atoms with Crippen molar-refractivity contribution in [2.24, 2.45) is 5.92 Å². The summed E-state index contributed by atoms with van der Waals surface area (Å²) < 4.78 is 27.0. The van der Waals surface area contributed by atoms with Crippen LogP contribution in [0.15, 0.2) is 17.0 Å². The van der Waals surface area contributed by atoms with Crippen molar-refractivity contribution in [2.75, 3.05) is 12.3 Å². The molecular formula is C13H19ClN2O2S. The molecule has 0 amide bonds. The highest BCUT2D eigenvalue weighted by Gasteiger charge is 2.21. The van der Waals surface area contributed by atoms with Crippen LogP contribution in [-0.4, -0.2) is 15.0 Å². The normalized spacial score (nSPS) is 15.7. The van der Waals surface area contributed by atoms with Gasteiger partial charge in [-0.1, -0.05) is 24.4 Å². The number of nitrogen functional groups attached to an aromatic ring is 1. The Kier molecular flexibility index (Phi) is 4.38. The number of rotatable bonds is 6. The van der Waals surface area contributed by atoms with Gasteiger partial charge < -0.3 is 5.73 Å². The average Bonchev–Trinajstić information content (AvgIpc) is 3.13. The first-order valence-electron chi connectivity index (χ1n) is 6.45. The molecule has 4 nitrogen and oxygen atoms in total. The Morgan fingerprint density at radius 2 is 2.11 bits per heavy atom. The van der Waals surface area contributed by atoms with Gasteiger partial charge in [-0.2, -0.15) is 0 Å². The van der Waals surface area contributed by atoms with E-state index in [9.17, 15) is 8.42 Å². The molecule has 0 bridgehead atoms. The maximum Gasteiger partial charge on any atom is 0.240 e. The summed E-state index contributed by atoms with van der Waals surface area (Å²) in [5, 5.41) is 0.380. The molecule has 1 fully saturated rings. The fraction of sp³-hybridized carbons (Fsp3) is 0.538. The van der Waals surface area contributed by atoms with Crippen molar-refractivity contribution in [3.05, 3.63) is 22.7 Å². The third-order valence-corrected chi connectivity index (χ3v) is 5.29. The fourth-order valence-electron chi connectivity index (χ4n) is 2.04. The SMILES string of the molecule is Cc1cc(Cl)c(N)cc1S(=O)(=O)NCCCC1CC1. The van der Waals surface area contributed by atoms with Crippen LogP contribution in [0.5, 0.6) is 0 Å². The van der Waals surface area contributed by atoms with E-state index in [0.29, 0.717) is 17.1 Å². The lowest BCUT2D eigenvalue weighted by Crippen LogP contribution is -2.25. The minimum absolute atomic E-state index is 0.209. The molecule has 0 unspecified atom stereocenters. The molecule has 6 heteroatoms. The highest BCUT2D eigenvalue weighted by Crippen LogP contribution is 2.33. The molecule has 0 atom stereocenters. The molecule has 0 radical (unpaired) electrons. The number of benzene rings is 1. The molecule has 1 saturated carbocycles. The molecule has 2 rings (SSSR count). The Morgan fingerprint density at radius 3 is 2.74 bits per heavy atom. The lowest BCUT2D eigenvalue weighted by atomic mass is 10.2. The molecule has 0 aliphatic heterocycles. The standard InChI is InChI=1S/C13H19ClN2O2S/c1-9-7-11(14)12(15)8-13(9)19(17,18)16-6-2-3-10-4-5-10/h7-8,10,16H,2-6,15H2,1H3. The smallest absolute Gasteiger partial charge is 0.240 e. The van der Waals surface area contributed by atoms with Gasteiger partial charge in [0.2, 0.25) is 10.0 Å². The molecule has 0 aromatic heterocycles. The van der Waals surface area contributed by atoms with Crippen LogP contribution in [-0.2, 0) is 10.0 Å². The Morgan fingerprint density at radius 1 is 1.42 bits per heavy atom. The summed E-state index contributed by atoms with van der Waals surface area (Å²) >= 11 is 5.86. The zero-order valence-corrected chi connectivity index (χ0v) is 12.5. The van der Waals surface area contributed by atoms with Gasteiger partial charge in [-0.25, -0.2) is 13.1 Å². The van der Waals surface area contributed by atoms with Gasteiger partial charge in [0.15, 0.2) is 0 Å². The highest BCUT2D eigenvalue weighted by molar-refractivity contribution is 7.89. The summed E-state index contributed by atoms with van der Waals surface area (Å²) in [6.45, 7) is 2.19. The third-order valence-electron chi connectivity index (χ3n) is 3.36. The highest BCUT2D eigenvalue weighted by atomic mass is 35.5. The van der Waals surface area contributed by atoms with Gasteiger partial charge in [0.05, 0.1) is 15.6 Å². The van der Waals surface area contributed by atoms with Gasteiger partial charge in [-0.3, -0.25) is 0 Å². The van der Waals surface area contributed by atoms with E-state index in [0.717, 1.165) is 18.8 Å². The van der Waals surface area contributed by atoms with E-state index < -0.39 is 10.0 Å². The van der Waals surface area contributed by atoms with Gasteiger partial charge in [-0.05, 0) is 43.4 Å². The minimum Gasteiger partial charge on any atom is -0.397 e. The Balaban J connectivity index is 2.03. The van der Waals surface area contributed by atoms with Crippen LogP contribution in [0, 0.1) is 12.8 Å². The van der Waals surface area contributed by atoms with Gasteiger partial charge >= 0.3 is 0 Å². The van der Waals surface area contributed by atoms with Crippen LogP contribution in [0.25, 0.3) is 0 Å². The first-order valence-corrected chi connectivity index (χ1v) is 8.31. The zero-order valence-electron chi connectivity index (χ0n) is 10.9. The van der Waals surface area contributed by atoms with E-state index in [1.165, 1.54) is 18.9 Å². The molecule has 0 heterocycles. The quantitative estimate of drug-likeness (QED) is 0.627. The van der Waals surface area contributed by atoms with Crippen LogP contribution in [0.4, 0.5) is 5.69 Å². The Hall–Kier alpha value is -0.780. The molecular weight excluding hydrogens is 284 g/mol.